The lowest BCUT2D eigenvalue weighted by molar-refractivity contribution is -0.310. The highest BCUT2D eigenvalue weighted by Gasteiger charge is 2.46. The molecule has 1 aromatic rings. The minimum atomic E-state index is -1.19. The van der Waals surface area contributed by atoms with Gasteiger partial charge in [-0.3, -0.25) is 9.36 Å². The van der Waals surface area contributed by atoms with Gasteiger partial charge >= 0.3 is 5.69 Å². The lowest BCUT2D eigenvalue weighted by Gasteiger charge is -2.46. The van der Waals surface area contributed by atoms with Crippen molar-refractivity contribution in [2.24, 2.45) is 5.92 Å². The zero-order chi connectivity index (χ0) is 25.2. The first-order valence-corrected chi connectivity index (χ1v) is 12.1. The number of hydrogen-bond donors (Lipinski definition) is 2. The highest BCUT2D eigenvalue weighted by atomic mass is 16.7. The van der Waals surface area contributed by atoms with Crippen molar-refractivity contribution in [2.75, 3.05) is 14.1 Å². The van der Waals surface area contributed by atoms with E-state index in [1.54, 1.807) is 12.3 Å². The number of rotatable bonds is 8. The molecule has 0 bridgehead atoms. The molecular weight excluding hydrogens is 442 g/mol. The van der Waals surface area contributed by atoms with E-state index in [1.807, 2.05) is 46.7 Å². The fourth-order valence-corrected chi connectivity index (χ4v) is 4.85. The number of Topliss-reactive ketones (excluding diaryl/α,β-unsaturated/α-hetero) is 1. The lowest BCUT2D eigenvalue weighted by atomic mass is 9.96. The monoisotopic (exact) mass is 481 g/mol. The Morgan fingerprint density at radius 3 is 2.50 bits per heavy atom. The summed E-state index contributed by atoms with van der Waals surface area (Å²) in [5.41, 5.74) is 0.00762. The maximum Gasteiger partial charge on any atom is 0.349 e. The SMILES string of the molecule is CC(C)CC(=O)Cc1ccn(C2CCC(OC3OC(C)C(N(C)C)C(O)C3O)C(C)O2)c(=O)n1. The first-order valence-electron chi connectivity index (χ1n) is 12.1. The summed E-state index contributed by atoms with van der Waals surface area (Å²) in [6, 6.07) is 1.34. The van der Waals surface area contributed by atoms with Crippen molar-refractivity contribution >= 4 is 5.78 Å². The Morgan fingerprint density at radius 2 is 1.91 bits per heavy atom. The third-order valence-electron chi connectivity index (χ3n) is 6.52. The number of aliphatic hydroxyl groups excluding tert-OH is 2. The molecule has 0 spiro atoms. The third-order valence-corrected chi connectivity index (χ3v) is 6.52. The van der Waals surface area contributed by atoms with Gasteiger partial charge in [0.05, 0.1) is 30.0 Å². The summed E-state index contributed by atoms with van der Waals surface area (Å²) in [5.74, 6) is 0.326. The Bertz CT molecular complexity index is 890. The molecule has 2 aliphatic rings. The molecule has 1 aromatic heterocycles. The van der Waals surface area contributed by atoms with Crippen LogP contribution in [0.25, 0.3) is 0 Å². The van der Waals surface area contributed by atoms with Gasteiger partial charge in [-0.2, -0.15) is 4.98 Å². The normalized spacial score (nSPS) is 34.5. The van der Waals surface area contributed by atoms with Crippen LogP contribution in [-0.4, -0.2) is 87.4 Å². The van der Waals surface area contributed by atoms with Crippen molar-refractivity contribution in [3.8, 4) is 0 Å². The zero-order valence-electron chi connectivity index (χ0n) is 21.0. The second-order valence-electron chi connectivity index (χ2n) is 10.1. The minimum absolute atomic E-state index is 0.0608. The molecule has 0 amide bonds. The van der Waals surface area contributed by atoms with Gasteiger partial charge in [-0.25, -0.2) is 4.79 Å². The molecule has 3 rings (SSSR count). The Hall–Kier alpha value is -1.69. The topological polar surface area (TPSA) is 123 Å². The second kappa shape index (κ2) is 11.4. The standard InChI is InChI=1S/C24H39N3O7/c1-13(2)11-17(28)12-16-9-10-27(24(31)25-16)19-8-7-18(14(3)32-19)34-23-22(30)21(29)20(26(5)6)15(4)33-23/h9-10,13-15,18-23,29-30H,7-8,11-12H2,1-6H3. The average Bonchev–Trinajstić information content (AvgIpc) is 2.72. The summed E-state index contributed by atoms with van der Waals surface area (Å²) in [6.07, 6.45) is -1.45. The van der Waals surface area contributed by atoms with Crippen LogP contribution in [0, 0.1) is 5.92 Å². The average molecular weight is 482 g/mol. The van der Waals surface area contributed by atoms with E-state index in [2.05, 4.69) is 4.98 Å². The van der Waals surface area contributed by atoms with Crippen molar-refractivity contribution in [3.05, 3.63) is 28.4 Å². The van der Waals surface area contributed by atoms with Crippen LogP contribution in [0.3, 0.4) is 0 Å². The van der Waals surface area contributed by atoms with Gasteiger partial charge in [0.2, 0.25) is 0 Å². The summed E-state index contributed by atoms with van der Waals surface area (Å²) in [4.78, 5) is 30.5. The number of nitrogens with zero attached hydrogens (tertiary/aromatic N) is 3. The van der Waals surface area contributed by atoms with E-state index in [0.717, 1.165) is 0 Å². The molecule has 2 aliphatic heterocycles. The highest BCUT2D eigenvalue weighted by Crippen LogP contribution is 2.32. The lowest BCUT2D eigenvalue weighted by Crippen LogP contribution is -2.62. The van der Waals surface area contributed by atoms with Crippen molar-refractivity contribution in [1.82, 2.24) is 14.5 Å². The number of aliphatic hydroxyl groups is 2. The molecule has 10 nitrogen and oxygen atoms in total. The van der Waals surface area contributed by atoms with Crippen LogP contribution in [0.5, 0.6) is 0 Å². The number of hydrogen-bond acceptors (Lipinski definition) is 9. The molecule has 10 heteroatoms. The van der Waals surface area contributed by atoms with Crippen LogP contribution in [-0.2, 0) is 25.4 Å². The molecule has 3 heterocycles. The molecule has 2 fully saturated rings. The maximum absolute atomic E-state index is 12.6. The highest BCUT2D eigenvalue weighted by molar-refractivity contribution is 5.80. The number of aromatic nitrogens is 2. The van der Waals surface area contributed by atoms with Gasteiger partial charge < -0.3 is 29.3 Å². The number of carbonyl (C=O) groups excluding carboxylic acids is 1. The molecule has 8 unspecified atom stereocenters. The van der Waals surface area contributed by atoms with Crippen molar-refractivity contribution in [1.29, 1.82) is 0 Å². The predicted octanol–water partition coefficient (Wildman–Crippen LogP) is 0.881. The molecule has 2 saturated heterocycles. The summed E-state index contributed by atoms with van der Waals surface area (Å²) < 4.78 is 19.4. The van der Waals surface area contributed by atoms with Crippen LogP contribution in [0.1, 0.15) is 58.9 Å². The van der Waals surface area contributed by atoms with Gasteiger partial charge in [0.15, 0.2) is 6.29 Å². The first-order chi connectivity index (χ1) is 16.0. The minimum Gasteiger partial charge on any atom is -0.388 e. The Balaban J connectivity index is 1.59. The summed E-state index contributed by atoms with van der Waals surface area (Å²) >= 11 is 0. The zero-order valence-corrected chi connectivity index (χ0v) is 21.0. The molecule has 0 radical (unpaired) electrons. The van der Waals surface area contributed by atoms with E-state index in [4.69, 9.17) is 14.2 Å². The van der Waals surface area contributed by atoms with E-state index in [-0.39, 0.29) is 42.5 Å². The summed E-state index contributed by atoms with van der Waals surface area (Å²) in [6.45, 7) is 7.64. The molecule has 2 N–H and O–H groups in total. The van der Waals surface area contributed by atoms with E-state index in [1.165, 1.54) is 4.57 Å². The molecule has 192 valence electrons. The smallest absolute Gasteiger partial charge is 0.349 e. The Labute approximate surface area is 200 Å². The van der Waals surface area contributed by atoms with E-state index in [9.17, 15) is 19.8 Å². The number of likely N-dealkylation sites (N-methyl/N-ethyl adjacent to an activating group) is 1. The van der Waals surface area contributed by atoms with Gasteiger partial charge in [-0.15, -0.1) is 0 Å². The van der Waals surface area contributed by atoms with Gasteiger partial charge in [-0.1, -0.05) is 13.8 Å². The third kappa shape index (κ3) is 6.30. The number of ketones is 1. The molecule has 34 heavy (non-hydrogen) atoms. The van der Waals surface area contributed by atoms with E-state index in [0.29, 0.717) is 25.0 Å². The molecule has 0 saturated carbocycles. The first kappa shape index (κ1) is 26.9. The van der Waals surface area contributed by atoms with Crippen LogP contribution in [0.4, 0.5) is 0 Å². The van der Waals surface area contributed by atoms with Gasteiger partial charge in [0.1, 0.15) is 24.2 Å². The van der Waals surface area contributed by atoms with Crippen LogP contribution in [0.2, 0.25) is 0 Å². The van der Waals surface area contributed by atoms with Crippen LogP contribution in [0.15, 0.2) is 17.1 Å². The fraction of sp³-hybridized carbons (Fsp3) is 0.792. The largest absolute Gasteiger partial charge is 0.388 e. The van der Waals surface area contributed by atoms with Crippen molar-refractivity contribution in [2.45, 2.75) is 102 Å². The molecule has 0 aliphatic carbocycles. The summed E-state index contributed by atoms with van der Waals surface area (Å²) in [7, 11) is 3.65. The molecule has 8 atom stereocenters. The van der Waals surface area contributed by atoms with E-state index >= 15 is 0 Å². The maximum atomic E-state index is 12.6. The number of carbonyl (C=O) groups is 1. The second-order valence-corrected chi connectivity index (χ2v) is 10.1. The van der Waals surface area contributed by atoms with Gasteiger partial charge in [-0.05, 0) is 52.8 Å². The van der Waals surface area contributed by atoms with E-state index < -0.39 is 30.4 Å². The van der Waals surface area contributed by atoms with Crippen LogP contribution < -0.4 is 5.69 Å². The Kier molecular flexibility index (Phi) is 8.99. The Morgan fingerprint density at radius 1 is 1.21 bits per heavy atom. The van der Waals surface area contributed by atoms with Crippen molar-refractivity contribution < 1.29 is 29.2 Å². The molecular formula is C24H39N3O7. The van der Waals surface area contributed by atoms with Gasteiger partial charge in [0.25, 0.3) is 0 Å². The molecule has 0 aromatic carbocycles. The quantitative estimate of drug-likeness (QED) is 0.557. The van der Waals surface area contributed by atoms with Crippen LogP contribution >= 0.6 is 0 Å². The van der Waals surface area contributed by atoms with Gasteiger partial charge in [0, 0.05) is 19.0 Å². The predicted molar refractivity (Wildman–Crippen MR) is 124 cm³/mol. The number of ether oxygens (including phenoxy) is 3. The van der Waals surface area contributed by atoms with Crippen molar-refractivity contribution in [3.63, 3.8) is 0 Å². The fourth-order valence-electron chi connectivity index (χ4n) is 4.85. The summed E-state index contributed by atoms with van der Waals surface area (Å²) in [5, 5.41) is 21.1.